The highest BCUT2D eigenvalue weighted by molar-refractivity contribution is 5.81. The number of nitrogens with one attached hydrogen (secondary N) is 1. The molecule has 0 spiro atoms. The van der Waals surface area contributed by atoms with Gasteiger partial charge in [-0.2, -0.15) is 0 Å². The summed E-state index contributed by atoms with van der Waals surface area (Å²) in [5.41, 5.74) is 9.44. The van der Waals surface area contributed by atoms with Crippen molar-refractivity contribution in [2.24, 2.45) is 5.73 Å². The molecule has 0 bridgehead atoms. The van der Waals surface area contributed by atoms with E-state index in [1.165, 1.54) is 61.1 Å². The third-order valence-electron chi connectivity index (χ3n) is 4.12. The van der Waals surface area contributed by atoms with E-state index in [-0.39, 0.29) is 0 Å². The molecule has 1 aliphatic heterocycles. The summed E-state index contributed by atoms with van der Waals surface area (Å²) in [6.07, 6.45) is 5.26. The van der Waals surface area contributed by atoms with Crippen LogP contribution >= 0.6 is 0 Å². The number of hydrogen-bond acceptors (Lipinski definition) is 2. The predicted octanol–water partition coefficient (Wildman–Crippen LogP) is 2.66. The quantitative estimate of drug-likeness (QED) is 0.884. The number of aromatic amines is 1. The van der Waals surface area contributed by atoms with Crippen LogP contribution in [0.5, 0.6) is 0 Å². The third-order valence-corrected chi connectivity index (χ3v) is 4.12. The number of H-pyrrole nitrogens is 1. The molecule has 2 heterocycles. The zero-order valence-electron chi connectivity index (χ0n) is 11.5. The lowest BCUT2D eigenvalue weighted by Crippen LogP contribution is -2.31. The molecule has 0 aliphatic carbocycles. The van der Waals surface area contributed by atoms with Crippen LogP contribution < -0.4 is 5.73 Å². The lowest BCUT2D eigenvalue weighted by molar-refractivity contribution is 0.231. The normalized spacial score (nSPS) is 17.1. The molecular formula is C16H23N3. The van der Waals surface area contributed by atoms with Crippen molar-refractivity contribution < 1.29 is 0 Å². The first kappa shape index (κ1) is 12.7. The maximum atomic E-state index is 5.68. The molecule has 19 heavy (non-hydrogen) atoms. The van der Waals surface area contributed by atoms with Crippen LogP contribution in [0.2, 0.25) is 0 Å². The Morgan fingerprint density at radius 3 is 2.74 bits per heavy atom. The topological polar surface area (TPSA) is 45.0 Å². The molecule has 3 nitrogen and oxygen atoms in total. The van der Waals surface area contributed by atoms with E-state index in [0.29, 0.717) is 6.54 Å². The van der Waals surface area contributed by atoms with Crippen molar-refractivity contribution in [2.45, 2.75) is 32.2 Å². The number of hydrogen-bond donors (Lipinski definition) is 2. The zero-order chi connectivity index (χ0) is 13.1. The molecule has 1 fully saturated rings. The molecule has 2 aromatic rings. The second-order valence-corrected chi connectivity index (χ2v) is 5.57. The Labute approximate surface area is 114 Å². The molecule has 1 aromatic heterocycles. The Kier molecular flexibility index (Phi) is 3.85. The van der Waals surface area contributed by atoms with E-state index >= 15 is 0 Å². The lowest BCUT2D eigenvalue weighted by Gasteiger charge is -2.25. The SMILES string of the molecule is NCc1ccc2cc(CCN3CCCCC3)[nH]c2c1. The summed E-state index contributed by atoms with van der Waals surface area (Å²) in [4.78, 5) is 6.11. The first-order valence-corrected chi connectivity index (χ1v) is 7.38. The first-order valence-electron chi connectivity index (χ1n) is 7.38. The Balaban J connectivity index is 1.67. The van der Waals surface area contributed by atoms with Gasteiger partial charge in [0, 0.05) is 30.7 Å². The number of fused-ring (bicyclic) bond motifs is 1. The molecule has 1 aromatic carbocycles. The van der Waals surface area contributed by atoms with Crippen molar-refractivity contribution in [1.82, 2.24) is 9.88 Å². The average Bonchev–Trinajstić information content (AvgIpc) is 2.88. The fourth-order valence-electron chi connectivity index (χ4n) is 2.96. The molecule has 1 saturated heterocycles. The molecule has 3 rings (SSSR count). The second-order valence-electron chi connectivity index (χ2n) is 5.57. The minimum atomic E-state index is 0.609. The molecule has 0 atom stereocenters. The van der Waals surface area contributed by atoms with Crippen LogP contribution in [-0.4, -0.2) is 29.5 Å². The largest absolute Gasteiger partial charge is 0.358 e. The number of rotatable bonds is 4. The van der Waals surface area contributed by atoms with Crippen molar-refractivity contribution in [1.29, 1.82) is 0 Å². The molecule has 0 radical (unpaired) electrons. The van der Waals surface area contributed by atoms with Crippen molar-refractivity contribution in [3.63, 3.8) is 0 Å². The summed E-state index contributed by atoms with van der Waals surface area (Å²) < 4.78 is 0. The summed E-state index contributed by atoms with van der Waals surface area (Å²) in [5.74, 6) is 0. The van der Waals surface area contributed by atoms with E-state index in [9.17, 15) is 0 Å². The molecule has 3 N–H and O–H groups in total. The van der Waals surface area contributed by atoms with Crippen molar-refractivity contribution in [3.8, 4) is 0 Å². The third kappa shape index (κ3) is 2.99. The van der Waals surface area contributed by atoms with Gasteiger partial charge in [0.05, 0.1) is 0 Å². The fourth-order valence-corrected chi connectivity index (χ4v) is 2.96. The highest BCUT2D eigenvalue weighted by atomic mass is 15.1. The average molecular weight is 257 g/mol. The maximum Gasteiger partial charge on any atom is 0.0459 e. The van der Waals surface area contributed by atoms with E-state index in [2.05, 4.69) is 34.1 Å². The minimum Gasteiger partial charge on any atom is -0.358 e. The summed E-state index contributed by atoms with van der Waals surface area (Å²) in [6.45, 7) is 4.34. The van der Waals surface area contributed by atoms with Gasteiger partial charge in [-0.05, 0) is 49.0 Å². The van der Waals surface area contributed by atoms with Crippen molar-refractivity contribution in [3.05, 3.63) is 35.5 Å². The van der Waals surface area contributed by atoms with Crippen LogP contribution in [0.3, 0.4) is 0 Å². The Hall–Kier alpha value is -1.32. The number of likely N-dealkylation sites (tertiary alicyclic amines) is 1. The van der Waals surface area contributed by atoms with Crippen molar-refractivity contribution >= 4 is 10.9 Å². The predicted molar refractivity (Wildman–Crippen MR) is 80.2 cm³/mol. The van der Waals surface area contributed by atoms with Gasteiger partial charge >= 0.3 is 0 Å². The highest BCUT2D eigenvalue weighted by Crippen LogP contribution is 2.18. The van der Waals surface area contributed by atoms with Crippen LogP contribution in [0.1, 0.15) is 30.5 Å². The smallest absolute Gasteiger partial charge is 0.0459 e. The van der Waals surface area contributed by atoms with Gasteiger partial charge in [0.25, 0.3) is 0 Å². The van der Waals surface area contributed by atoms with Gasteiger partial charge in [-0.3, -0.25) is 0 Å². The summed E-state index contributed by atoms with van der Waals surface area (Å²) >= 11 is 0. The maximum absolute atomic E-state index is 5.68. The Bertz CT molecular complexity index is 538. The summed E-state index contributed by atoms with van der Waals surface area (Å²) in [6, 6.07) is 8.72. The molecule has 1 aliphatic rings. The standard InChI is InChI=1S/C16H23N3/c17-12-13-4-5-14-11-15(18-16(14)10-13)6-9-19-7-2-1-3-8-19/h4-5,10-11,18H,1-3,6-9,12,17H2. The molecular weight excluding hydrogens is 234 g/mol. The van der Waals surface area contributed by atoms with Crippen LogP contribution in [-0.2, 0) is 13.0 Å². The highest BCUT2D eigenvalue weighted by Gasteiger charge is 2.10. The first-order chi connectivity index (χ1) is 9.35. The van der Waals surface area contributed by atoms with E-state index in [0.717, 1.165) is 6.42 Å². The van der Waals surface area contributed by atoms with Crippen LogP contribution in [0, 0.1) is 0 Å². The fraction of sp³-hybridized carbons (Fsp3) is 0.500. The van der Waals surface area contributed by atoms with Crippen LogP contribution in [0.25, 0.3) is 10.9 Å². The number of benzene rings is 1. The lowest BCUT2D eigenvalue weighted by atomic mass is 10.1. The van der Waals surface area contributed by atoms with Gasteiger partial charge in [-0.15, -0.1) is 0 Å². The van der Waals surface area contributed by atoms with Gasteiger partial charge in [0.2, 0.25) is 0 Å². The molecule has 0 amide bonds. The molecule has 102 valence electrons. The van der Waals surface area contributed by atoms with Crippen molar-refractivity contribution in [2.75, 3.05) is 19.6 Å². The zero-order valence-corrected chi connectivity index (χ0v) is 11.5. The van der Waals surface area contributed by atoms with Gasteiger partial charge in [-0.1, -0.05) is 18.6 Å². The Morgan fingerprint density at radius 1 is 1.11 bits per heavy atom. The number of nitrogens with two attached hydrogens (primary N) is 1. The van der Waals surface area contributed by atoms with Gasteiger partial charge in [0.15, 0.2) is 0 Å². The summed E-state index contributed by atoms with van der Waals surface area (Å²) in [5, 5.41) is 1.30. The monoisotopic (exact) mass is 257 g/mol. The summed E-state index contributed by atoms with van der Waals surface area (Å²) in [7, 11) is 0. The number of aromatic nitrogens is 1. The van der Waals surface area contributed by atoms with Gasteiger partial charge in [0.1, 0.15) is 0 Å². The molecule has 3 heteroatoms. The van der Waals surface area contributed by atoms with Gasteiger partial charge < -0.3 is 15.6 Å². The molecule has 0 saturated carbocycles. The molecule has 0 unspecified atom stereocenters. The van der Waals surface area contributed by atoms with Gasteiger partial charge in [-0.25, -0.2) is 0 Å². The van der Waals surface area contributed by atoms with E-state index in [1.54, 1.807) is 0 Å². The number of piperidine rings is 1. The van der Waals surface area contributed by atoms with E-state index in [1.807, 2.05) is 0 Å². The number of nitrogens with zero attached hydrogens (tertiary/aromatic N) is 1. The minimum absolute atomic E-state index is 0.609. The van der Waals surface area contributed by atoms with Crippen LogP contribution in [0.4, 0.5) is 0 Å². The van der Waals surface area contributed by atoms with Crippen LogP contribution in [0.15, 0.2) is 24.3 Å². The van der Waals surface area contributed by atoms with E-state index in [4.69, 9.17) is 5.73 Å². The second kappa shape index (κ2) is 5.76. The Morgan fingerprint density at radius 2 is 1.95 bits per heavy atom. The van der Waals surface area contributed by atoms with E-state index < -0.39 is 0 Å².